The molecule has 0 aliphatic heterocycles. The van der Waals surface area contributed by atoms with Crippen molar-refractivity contribution in [1.82, 2.24) is 18.7 Å². The van der Waals surface area contributed by atoms with E-state index in [1.165, 1.54) is 10.9 Å². The Hall–Kier alpha value is -3.36. The fourth-order valence-corrected chi connectivity index (χ4v) is 3.20. The van der Waals surface area contributed by atoms with Gasteiger partial charge in [0.2, 0.25) is 0 Å². The lowest BCUT2D eigenvalue weighted by atomic mass is 10.1. The fraction of sp³-hybridized carbons (Fsp3) is 0.400. The lowest BCUT2D eigenvalue weighted by molar-refractivity contribution is -0.146. The predicted molar refractivity (Wildman–Crippen MR) is 107 cm³/mol. The molecule has 9 heteroatoms. The van der Waals surface area contributed by atoms with Crippen molar-refractivity contribution >= 4 is 17.1 Å². The van der Waals surface area contributed by atoms with Crippen LogP contribution in [0.15, 0.2) is 34.1 Å². The van der Waals surface area contributed by atoms with Crippen LogP contribution in [0.1, 0.15) is 17.5 Å². The van der Waals surface area contributed by atoms with Gasteiger partial charge >= 0.3 is 11.7 Å². The van der Waals surface area contributed by atoms with Crippen molar-refractivity contribution in [2.45, 2.75) is 26.8 Å². The van der Waals surface area contributed by atoms with E-state index >= 15 is 0 Å². The maximum atomic E-state index is 12.6. The van der Waals surface area contributed by atoms with Crippen LogP contribution >= 0.6 is 0 Å². The number of ether oxygens (including phenoxy) is 2. The lowest BCUT2D eigenvalue weighted by Gasteiger charge is -2.10. The molecule has 0 bridgehead atoms. The summed E-state index contributed by atoms with van der Waals surface area (Å²) < 4.78 is 14.6. The van der Waals surface area contributed by atoms with Gasteiger partial charge in [0.05, 0.1) is 12.9 Å². The third-order valence-corrected chi connectivity index (χ3v) is 4.54. The second-order valence-corrected chi connectivity index (χ2v) is 7.01. The first-order chi connectivity index (χ1) is 13.8. The number of rotatable bonds is 7. The molecule has 0 spiro atoms. The molecule has 9 nitrogen and oxygen atoms in total. The minimum atomic E-state index is -0.508. The van der Waals surface area contributed by atoms with Crippen molar-refractivity contribution in [3.05, 3.63) is 56.5 Å². The molecular formula is C20H24N4O5. The maximum Gasteiger partial charge on any atom is 0.344 e. The topological polar surface area (TPSA) is 97.3 Å². The molecule has 1 aromatic carbocycles. The van der Waals surface area contributed by atoms with Crippen LogP contribution in [0.4, 0.5) is 0 Å². The summed E-state index contributed by atoms with van der Waals surface area (Å²) in [5.74, 6) is 0.102. The molecule has 154 valence electrons. The standard InChI is InChI=1S/C20H24N4O5/c1-13-8-14(2)10-15(9-13)29-11-16(25)28-7-5-6-24-19(26)17-18(21-12-22(17)3)23(4)20(24)27/h8-10,12H,5-7,11H2,1-4H3. The summed E-state index contributed by atoms with van der Waals surface area (Å²) in [6, 6.07) is 5.70. The molecule has 0 aliphatic rings. The molecule has 0 saturated heterocycles. The van der Waals surface area contributed by atoms with Crippen molar-refractivity contribution in [2.24, 2.45) is 14.1 Å². The second-order valence-electron chi connectivity index (χ2n) is 7.01. The number of hydrogen-bond donors (Lipinski definition) is 0. The predicted octanol–water partition coefficient (Wildman–Crippen LogP) is 1.06. The van der Waals surface area contributed by atoms with Crippen molar-refractivity contribution < 1.29 is 14.3 Å². The van der Waals surface area contributed by atoms with Gasteiger partial charge in [-0.15, -0.1) is 0 Å². The summed E-state index contributed by atoms with van der Waals surface area (Å²) in [6.45, 7) is 3.91. The third kappa shape index (κ3) is 4.39. The molecule has 0 aliphatic carbocycles. The molecular weight excluding hydrogens is 376 g/mol. The van der Waals surface area contributed by atoms with Crippen LogP contribution in [0.2, 0.25) is 0 Å². The van der Waals surface area contributed by atoms with E-state index < -0.39 is 17.2 Å². The Labute approximate surface area is 167 Å². The van der Waals surface area contributed by atoms with E-state index in [9.17, 15) is 14.4 Å². The van der Waals surface area contributed by atoms with Crippen LogP contribution < -0.4 is 16.0 Å². The molecule has 0 atom stereocenters. The van der Waals surface area contributed by atoms with Gasteiger partial charge in [0.25, 0.3) is 5.56 Å². The Kier molecular flexibility index (Phi) is 5.86. The Morgan fingerprint density at radius 2 is 1.79 bits per heavy atom. The lowest BCUT2D eigenvalue weighted by Crippen LogP contribution is -2.39. The summed E-state index contributed by atoms with van der Waals surface area (Å²) in [5, 5.41) is 0. The van der Waals surface area contributed by atoms with Crippen molar-refractivity contribution in [3.8, 4) is 5.75 Å². The van der Waals surface area contributed by atoms with Crippen LogP contribution in [-0.2, 0) is 30.2 Å². The van der Waals surface area contributed by atoms with Gasteiger partial charge in [0.1, 0.15) is 5.75 Å². The van der Waals surface area contributed by atoms with E-state index in [0.717, 1.165) is 15.7 Å². The zero-order chi connectivity index (χ0) is 21.1. The number of hydrogen-bond acceptors (Lipinski definition) is 6. The summed E-state index contributed by atoms with van der Waals surface area (Å²) in [6.07, 6.45) is 1.82. The number of imidazole rings is 1. The highest BCUT2D eigenvalue weighted by molar-refractivity contribution is 5.71. The van der Waals surface area contributed by atoms with E-state index in [4.69, 9.17) is 9.47 Å². The monoisotopic (exact) mass is 400 g/mol. The third-order valence-electron chi connectivity index (χ3n) is 4.54. The summed E-state index contributed by atoms with van der Waals surface area (Å²) in [5.41, 5.74) is 1.93. The molecule has 0 unspecified atom stereocenters. The summed E-state index contributed by atoms with van der Waals surface area (Å²) in [4.78, 5) is 41.0. The average molecular weight is 400 g/mol. The highest BCUT2D eigenvalue weighted by Crippen LogP contribution is 2.16. The fourth-order valence-electron chi connectivity index (χ4n) is 3.20. The molecule has 29 heavy (non-hydrogen) atoms. The molecule has 2 aromatic heterocycles. The van der Waals surface area contributed by atoms with Crippen molar-refractivity contribution in [2.75, 3.05) is 13.2 Å². The zero-order valence-corrected chi connectivity index (χ0v) is 17.0. The van der Waals surface area contributed by atoms with Gasteiger partial charge in [-0.25, -0.2) is 14.6 Å². The van der Waals surface area contributed by atoms with Crippen LogP contribution in [0.5, 0.6) is 5.75 Å². The zero-order valence-electron chi connectivity index (χ0n) is 17.0. The van der Waals surface area contributed by atoms with E-state index in [1.54, 1.807) is 18.7 Å². The number of nitrogens with zero attached hydrogens (tertiary/aromatic N) is 4. The number of fused-ring (bicyclic) bond motifs is 1. The number of aryl methyl sites for hydroxylation is 4. The van der Waals surface area contributed by atoms with E-state index in [-0.39, 0.29) is 19.8 Å². The van der Waals surface area contributed by atoms with Crippen LogP contribution in [0.25, 0.3) is 11.2 Å². The summed E-state index contributed by atoms with van der Waals surface area (Å²) >= 11 is 0. The summed E-state index contributed by atoms with van der Waals surface area (Å²) in [7, 11) is 3.26. The number of esters is 1. The number of aromatic nitrogens is 4. The van der Waals surface area contributed by atoms with Gasteiger partial charge in [0, 0.05) is 20.6 Å². The first-order valence-corrected chi connectivity index (χ1v) is 9.25. The first kappa shape index (κ1) is 20.4. The van der Waals surface area contributed by atoms with E-state index in [0.29, 0.717) is 23.3 Å². The van der Waals surface area contributed by atoms with Gasteiger partial charge in [-0.05, 0) is 43.5 Å². The number of benzene rings is 1. The molecule has 0 N–H and O–H groups in total. The largest absolute Gasteiger partial charge is 0.482 e. The molecule has 0 radical (unpaired) electrons. The van der Waals surface area contributed by atoms with E-state index in [1.807, 2.05) is 32.0 Å². The smallest absolute Gasteiger partial charge is 0.344 e. The molecule has 0 amide bonds. The molecule has 3 aromatic rings. The SMILES string of the molecule is Cc1cc(C)cc(OCC(=O)OCCCn2c(=O)c3c(ncn3C)n(C)c2=O)c1. The normalized spacial score (nSPS) is 11.0. The Bertz CT molecular complexity index is 1150. The van der Waals surface area contributed by atoms with Crippen LogP contribution in [0.3, 0.4) is 0 Å². The molecule has 0 fully saturated rings. The Morgan fingerprint density at radius 1 is 1.10 bits per heavy atom. The van der Waals surface area contributed by atoms with Gasteiger partial charge in [-0.1, -0.05) is 6.07 Å². The minimum Gasteiger partial charge on any atom is -0.482 e. The van der Waals surface area contributed by atoms with E-state index in [2.05, 4.69) is 4.98 Å². The van der Waals surface area contributed by atoms with Gasteiger partial charge in [0.15, 0.2) is 17.8 Å². The molecule has 2 heterocycles. The Balaban J connectivity index is 1.55. The Morgan fingerprint density at radius 3 is 2.48 bits per heavy atom. The first-order valence-electron chi connectivity index (χ1n) is 9.25. The van der Waals surface area contributed by atoms with Gasteiger partial charge in [-0.3, -0.25) is 13.9 Å². The van der Waals surface area contributed by atoms with Gasteiger partial charge < -0.3 is 14.0 Å². The second kappa shape index (κ2) is 8.34. The maximum absolute atomic E-state index is 12.6. The number of carbonyl (C=O) groups is 1. The molecule has 3 rings (SSSR count). The minimum absolute atomic E-state index is 0.0774. The van der Waals surface area contributed by atoms with Gasteiger partial charge in [-0.2, -0.15) is 0 Å². The molecule has 0 saturated carbocycles. The van der Waals surface area contributed by atoms with Crippen molar-refractivity contribution in [3.63, 3.8) is 0 Å². The average Bonchev–Trinajstić information content (AvgIpc) is 3.05. The number of carbonyl (C=O) groups excluding carboxylic acids is 1. The highest BCUT2D eigenvalue weighted by Gasteiger charge is 2.14. The van der Waals surface area contributed by atoms with Crippen LogP contribution in [0, 0.1) is 13.8 Å². The van der Waals surface area contributed by atoms with Crippen LogP contribution in [-0.4, -0.2) is 37.9 Å². The highest BCUT2D eigenvalue weighted by atomic mass is 16.6. The quantitative estimate of drug-likeness (QED) is 0.435. The van der Waals surface area contributed by atoms with Crippen molar-refractivity contribution in [1.29, 1.82) is 0 Å².